The van der Waals surface area contributed by atoms with Gasteiger partial charge in [-0.25, -0.2) is 4.79 Å². The third-order valence-corrected chi connectivity index (χ3v) is 2.50. The van der Waals surface area contributed by atoms with E-state index in [1.54, 1.807) is 19.1 Å². The summed E-state index contributed by atoms with van der Waals surface area (Å²) < 4.78 is 10.1. The van der Waals surface area contributed by atoms with Crippen LogP contribution in [0.1, 0.15) is 50.0 Å². The molecule has 1 rings (SSSR count). The van der Waals surface area contributed by atoms with E-state index in [1.165, 1.54) is 0 Å². The predicted molar refractivity (Wildman–Crippen MR) is 76.6 cm³/mol. The summed E-state index contributed by atoms with van der Waals surface area (Å²) in [6.45, 7) is 7.67. The Bertz CT molecular complexity index is 454. The van der Waals surface area contributed by atoms with Gasteiger partial charge in [-0.05, 0) is 51.8 Å². The first-order valence-corrected chi connectivity index (χ1v) is 6.79. The molecule has 0 amide bonds. The van der Waals surface area contributed by atoms with E-state index in [4.69, 9.17) is 9.47 Å². The van der Waals surface area contributed by atoms with Gasteiger partial charge in [0.2, 0.25) is 0 Å². The van der Waals surface area contributed by atoms with Crippen molar-refractivity contribution in [1.82, 2.24) is 0 Å². The summed E-state index contributed by atoms with van der Waals surface area (Å²) in [4.78, 5) is 23.1. The van der Waals surface area contributed by atoms with Crippen molar-refractivity contribution < 1.29 is 19.1 Å². The molecule has 0 saturated heterocycles. The average molecular weight is 278 g/mol. The molecule has 0 heterocycles. The van der Waals surface area contributed by atoms with E-state index in [2.05, 4.69) is 0 Å². The number of ether oxygens (including phenoxy) is 2. The Hall–Kier alpha value is -1.84. The van der Waals surface area contributed by atoms with Crippen LogP contribution in [-0.4, -0.2) is 24.1 Å². The molecule has 20 heavy (non-hydrogen) atoms. The van der Waals surface area contributed by atoms with Gasteiger partial charge in [0.25, 0.3) is 0 Å². The minimum Gasteiger partial charge on any atom is -0.462 e. The van der Waals surface area contributed by atoms with Crippen molar-refractivity contribution in [2.75, 3.05) is 6.61 Å². The Morgan fingerprint density at radius 2 is 1.70 bits per heavy atom. The molecule has 1 aromatic rings. The Labute approximate surface area is 120 Å². The summed E-state index contributed by atoms with van der Waals surface area (Å²) in [6, 6.07) is 7.08. The number of hydrogen-bond donors (Lipinski definition) is 0. The lowest BCUT2D eigenvalue weighted by atomic mass is 10.1. The fourth-order valence-electron chi connectivity index (χ4n) is 1.66. The summed E-state index contributed by atoms with van der Waals surface area (Å²) in [5, 5.41) is 0. The number of rotatable bonds is 5. The van der Waals surface area contributed by atoms with Gasteiger partial charge in [-0.2, -0.15) is 0 Å². The first kappa shape index (κ1) is 16.2. The predicted octanol–water partition coefficient (Wildman–Crippen LogP) is 3.14. The van der Waals surface area contributed by atoms with Crippen LogP contribution < -0.4 is 0 Å². The highest BCUT2D eigenvalue weighted by atomic mass is 16.6. The molecule has 0 atom stereocenters. The van der Waals surface area contributed by atoms with Crippen molar-refractivity contribution in [3.8, 4) is 0 Å². The van der Waals surface area contributed by atoms with E-state index in [0.29, 0.717) is 25.0 Å². The minimum atomic E-state index is -0.454. The summed E-state index contributed by atoms with van der Waals surface area (Å²) in [7, 11) is 0. The summed E-state index contributed by atoms with van der Waals surface area (Å²) in [5.74, 6) is -0.543. The fourth-order valence-corrected chi connectivity index (χ4v) is 1.66. The van der Waals surface area contributed by atoms with Gasteiger partial charge in [0.15, 0.2) is 0 Å². The molecule has 4 nitrogen and oxygen atoms in total. The van der Waals surface area contributed by atoms with E-state index in [0.717, 1.165) is 5.56 Å². The van der Waals surface area contributed by atoms with Gasteiger partial charge in [-0.1, -0.05) is 12.1 Å². The molecular weight excluding hydrogens is 256 g/mol. The maximum absolute atomic E-state index is 11.6. The third-order valence-electron chi connectivity index (χ3n) is 2.50. The van der Waals surface area contributed by atoms with Crippen LogP contribution in [0.25, 0.3) is 0 Å². The van der Waals surface area contributed by atoms with Crippen LogP contribution in [0.2, 0.25) is 0 Å². The summed E-state index contributed by atoms with van der Waals surface area (Å²) in [6.07, 6.45) is 0.925. The molecule has 0 aliphatic heterocycles. The lowest BCUT2D eigenvalue weighted by Gasteiger charge is -2.19. The molecule has 0 N–H and O–H groups in total. The van der Waals surface area contributed by atoms with E-state index in [-0.39, 0.29) is 11.9 Å². The van der Waals surface area contributed by atoms with Crippen molar-refractivity contribution in [3.05, 3.63) is 35.4 Å². The zero-order valence-corrected chi connectivity index (χ0v) is 12.6. The molecule has 0 saturated carbocycles. The van der Waals surface area contributed by atoms with Crippen LogP contribution >= 0.6 is 0 Å². The second-order valence-electron chi connectivity index (χ2n) is 5.50. The van der Waals surface area contributed by atoms with Crippen LogP contribution in [-0.2, 0) is 20.7 Å². The van der Waals surface area contributed by atoms with Crippen LogP contribution in [0.3, 0.4) is 0 Å². The highest BCUT2D eigenvalue weighted by molar-refractivity contribution is 5.89. The molecule has 110 valence electrons. The number of carbonyl (C=O) groups is 2. The molecule has 0 aliphatic carbocycles. The monoisotopic (exact) mass is 278 g/mol. The van der Waals surface area contributed by atoms with Crippen molar-refractivity contribution in [1.29, 1.82) is 0 Å². The SMILES string of the molecule is CCOC(=O)c1ccc(CCC(=O)OC(C)(C)C)cc1. The molecule has 0 radical (unpaired) electrons. The van der Waals surface area contributed by atoms with E-state index < -0.39 is 5.60 Å². The molecule has 0 aliphatic rings. The first-order chi connectivity index (χ1) is 9.31. The van der Waals surface area contributed by atoms with Crippen molar-refractivity contribution >= 4 is 11.9 Å². The maximum Gasteiger partial charge on any atom is 0.338 e. The number of hydrogen-bond acceptors (Lipinski definition) is 4. The van der Waals surface area contributed by atoms with Gasteiger partial charge < -0.3 is 9.47 Å². The molecule has 0 fully saturated rings. The van der Waals surface area contributed by atoms with E-state index >= 15 is 0 Å². The first-order valence-electron chi connectivity index (χ1n) is 6.79. The van der Waals surface area contributed by atoms with Crippen LogP contribution in [0.4, 0.5) is 0 Å². The topological polar surface area (TPSA) is 52.6 Å². The van der Waals surface area contributed by atoms with Crippen LogP contribution in [0, 0.1) is 0 Å². The van der Waals surface area contributed by atoms with Crippen molar-refractivity contribution in [2.45, 2.75) is 46.1 Å². The normalized spacial score (nSPS) is 11.0. The minimum absolute atomic E-state index is 0.216. The number of carbonyl (C=O) groups excluding carboxylic acids is 2. The molecular formula is C16H22O4. The highest BCUT2D eigenvalue weighted by Crippen LogP contribution is 2.12. The van der Waals surface area contributed by atoms with Gasteiger partial charge in [0, 0.05) is 6.42 Å². The van der Waals surface area contributed by atoms with Crippen LogP contribution in [0.15, 0.2) is 24.3 Å². The number of esters is 2. The average Bonchev–Trinajstić information content (AvgIpc) is 2.35. The standard InChI is InChI=1S/C16H22O4/c1-5-19-15(18)13-9-6-12(7-10-13)8-11-14(17)20-16(2,3)4/h6-7,9-10H,5,8,11H2,1-4H3. The van der Waals surface area contributed by atoms with Gasteiger partial charge in [0.05, 0.1) is 12.2 Å². The summed E-state index contributed by atoms with van der Waals surface area (Å²) in [5.41, 5.74) is 1.06. The molecule has 0 spiro atoms. The fraction of sp³-hybridized carbons (Fsp3) is 0.500. The Morgan fingerprint density at radius 3 is 2.20 bits per heavy atom. The van der Waals surface area contributed by atoms with Gasteiger partial charge in [-0.3, -0.25) is 4.79 Å². The van der Waals surface area contributed by atoms with Crippen molar-refractivity contribution in [2.24, 2.45) is 0 Å². The van der Waals surface area contributed by atoms with Crippen molar-refractivity contribution in [3.63, 3.8) is 0 Å². The highest BCUT2D eigenvalue weighted by Gasteiger charge is 2.16. The molecule has 0 unspecified atom stereocenters. The molecule has 0 bridgehead atoms. The Kier molecular flexibility index (Phi) is 5.74. The third kappa shape index (κ3) is 5.87. The smallest absolute Gasteiger partial charge is 0.338 e. The zero-order chi connectivity index (χ0) is 15.2. The lowest BCUT2D eigenvalue weighted by Crippen LogP contribution is -2.24. The second kappa shape index (κ2) is 7.08. The maximum atomic E-state index is 11.6. The summed E-state index contributed by atoms with van der Waals surface area (Å²) >= 11 is 0. The second-order valence-corrected chi connectivity index (χ2v) is 5.50. The Morgan fingerprint density at radius 1 is 1.10 bits per heavy atom. The molecule has 0 aromatic heterocycles. The molecule has 4 heteroatoms. The number of aryl methyl sites for hydroxylation is 1. The van der Waals surface area contributed by atoms with E-state index in [9.17, 15) is 9.59 Å². The van der Waals surface area contributed by atoms with Gasteiger partial charge in [0.1, 0.15) is 5.60 Å². The largest absolute Gasteiger partial charge is 0.462 e. The zero-order valence-electron chi connectivity index (χ0n) is 12.6. The Balaban J connectivity index is 2.50. The van der Waals surface area contributed by atoms with Crippen LogP contribution in [0.5, 0.6) is 0 Å². The van der Waals surface area contributed by atoms with Gasteiger partial charge in [-0.15, -0.1) is 0 Å². The quantitative estimate of drug-likeness (QED) is 0.776. The van der Waals surface area contributed by atoms with Gasteiger partial charge >= 0.3 is 11.9 Å². The molecule has 1 aromatic carbocycles. The lowest BCUT2D eigenvalue weighted by molar-refractivity contribution is -0.154. The van der Waals surface area contributed by atoms with E-state index in [1.807, 2.05) is 32.9 Å². The number of benzene rings is 1.